The van der Waals surface area contributed by atoms with Crippen LogP contribution in [0.4, 0.5) is 11.4 Å². The number of carbonyl (C=O) groups excluding carboxylic acids is 1. The molecule has 0 fully saturated rings. The minimum atomic E-state index is -0.0536. The van der Waals surface area contributed by atoms with Gasteiger partial charge in [0, 0.05) is 12.1 Å². The summed E-state index contributed by atoms with van der Waals surface area (Å²) in [5.74, 6) is -0.0536. The highest BCUT2D eigenvalue weighted by atomic mass is 16.1. The number of nitrogens with two attached hydrogens (primary N) is 1. The van der Waals surface area contributed by atoms with Crippen molar-refractivity contribution in [2.75, 3.05) is 11.1 Å². The number of rotatable bonds is 1. The Morgan fingerprint density at radius 3 is 2.81 bits per heavy atom. The number of nitrogen functional groups attached to an aromatic ring is 1. The van der Waals surface area contributed by atoms with E-state index in [4.69, 9.17) is 11.0 Å². The highest BCUT2D eigenvalue weighted by Gasteiger charge is 2.19. The number of nitrogens with one attached hydrogen (secondary N) is 1. The number of fused-ring (bicyclic) bond motifs is 1. The number of nitriles is 2. The largest absolute Gasteiger partial charge is 0.397 e. The van der Waals surface area contributed by atoms with E-state index in [0.29, 0.717) is 29.9 Å². The van der Waals surface area contributed by atoms with Gasteiger partial charge in [-0.15, -0.1) is 0 Å². The molecule has 1 aromatic heterocycles. The van der Waals surface area contributed by atoms with Gasteiger partial charge in [0.1, 0.15) is 18.5 Å². The van der Waals surface area contributed by atoms with Crippen molar-refractivity contribution in [3.8, 4) is 17.8 Å². The number of amides is 1. The molecule has 0 bridgehead atoms. The van der Waals surface area contributed by atoms with E-state index in [1.807, 2.05) is 12.1 Å². The predicted octanol–water partition coefficient (Wildman–Crippen LogP) is 1.08. The molecule has 2 aromatic rings. The first-order chi connectivity index (χ1) is 10.1. The van der Waals surface area contributed by atoms with Crippen molar-refractivity contribution in [1.29, 1.82) is 10.5 Å². The monoisotopic (exact) mass is 278 g/mol. The summed E-state index contributed by atoms with van der Waals surface area (Å²) in [6, 6.07) is 7.28. The van der Waals surface area contributed by atoms with Gasteiger partial charge in [0.2, 0.25) is 5.91 Å². The van der Waals surface area contributed by atoms with Crippen LogP contribution >= 0.6 is 0 Å². The van der Waals surface area contributed by atoms with Crippen molar-refractivity contribution in [3.63, 3.8) is 0 Å². The van der Waals surface area contributed by atoms with Crippen LogP contribution in [0.2, 0.25) is 0 Å². The van der Waals surface area contributed by atoms with Crippen molar-refractivity contribution in [1.82, 2.24) is 9.55 Å². The van der Waals surface area contributed by atoms with E-state index in [9.17, 15) is 10.1 Å². The molecule has 1 amide bonds. The molecule has 21 heavy (non-hydrogen) atoms. The normalized spacial score (nSPS) is 13.0. The Morgan fingerprint density at radius 2 is 2.10 bits per heavy atom. The molecule has 0 saturated heterocycles. The molecule has 0 saturated carbocycles. The fourth-order valence-corrected chi connectivity index (χ4v) is 2.36. The average molecular weight is 278 g/mol. The van der Waals surface area contributed by atoms with Crippen LogP contribution in [0.15, 0.2) is 18.5 Å². The second-order valence-corrected chi connectivity index (χ2v) is 4.65. The molecule has 1 aliphatic rings. The van der Waals surface area contributed by atoms with E-state index in [-0.39, 0.29) is 17.3 Å². The Balaban J connectivity index is 2.18. The summed E-state index contributed by atoms with van der Waals surface area (Å²) >= 11 is 0. The number of anilines is 2. The standard InChI is InChI=1S/C14H10N6O/c15-5-11-13(6-16)20(7-18-11)12-4-10-8(3-9(12)17)1-2-14(21)19-10/h3-4,7H,1-2,17H2,(H,19,21). The average Bonchev–Trinajstić information content (AvgIpc) is 2.89. The minimum Gasteiger partial charge on any atom is -0.397 e. The zero-order valence-electron chi connectivity index (χ0n) is 10.9. The van der Waals surface area contributed by atoms with E-state index in [2.05, 4.69) is 10.3 Å². The molecule has 7 nitrogen and oxygen atoms in total. The SMILES string of the molecule is N#Cc1ncn(-c2cc3c(cc2N)CCC(=O)N3)c1C#N. The maximum Gasteiger partial charge on any atom is 0.224 e. The summed E-state index contributed by atoms with van der Waals surface area (Å²) in [4.78, 5) is 15.4. The third-order valence-corrected chi connectivity index (χ3v) is 3.39. The molecule has 0 unspecified atom stereocenters. The molecule has 3 rings (SSSR count). The zero-order chi connectivity index (χ0) is 15.0. The Labute approximate surface area is 120 Å². The lowest BCUT2D eigenvalue weighted by Gasteiger charge is -2.19. The highest BCUT2D eigenvalue weighted by Crippen LogP contribution is 2.31. The van der Waals surface area contributed by atoms with Gasteiger partial charge in [0.15, 0.2) is 11.4 Å². The number of nitrogens with zero attached hydrogens (tertiary/aromatic N) is 4. The van der Waals surface area contributed by atoms with E-state index in [1.54, 1.807) is 12.1 Å². The maximum atomic E-state index is 11.5. The van der Waals surface area contributed by atoms with Gasteiger partial charge in [-0.25, -0.2) is 4.98 Å². The summed E-state index contributed by atoms with van der Waals surface area (Å²) in [6.45, 7) is 0. The van der Waals surface area contributed by atoms with Gasteiger partial charge in [-0.1, -0.05) is 0 Å². The number of aryl methyl sites for hydroxylation is 1. The second kappa shape index (κ2) is 4.66. The Morgan fingerprint density at radius 1 is 1.29 bits per heavy atom. The van der Waals surface area contributed by atoms with Crippen LogP contribution in [0.3, 0.4) is 0 Å². The van der Waals surface area contributed by atoms with E-state index in [0.717, 1.165) is 5.56 Å². The lowest BCUT2D eigenvalue weighted by atomic mass is 10.0. The van der Waals surface area contributed by atoms with Crippen LogP contribution in [0.25, 0.3) is 5.69 Å². The first-order valence-electron chi connectivity index (χ1n) is 6.24. The molecule has 3 N–H and O–H groups in total. The molecule has 7 heteroatoms. The van der Waals surface area contributed by atoms with Gasteiger partial charge in [0.25, 0.3) is 0 Å². The van der Waals surface area contributed by atoms with Crippen LogP contribution < -0.4 is 11.1 Å². The summed E-state index contributed by atoms with van der Waals surface area (Å²) < 4.78 is 1.45. The third kappa shape index (κ3) is 1.97. The summed E-state index contributed by atoms with van der Waals surface area (Å²) in [5, 5.41) is 20.9. The summed E-state index contributed by atoms with van der Waals surface area (Å²) in [7, 11) is 0. The molecule has 0 radical (unpaired) electrons. The fraction of sp³-hybridized carbons (Fsp3) is 0.143. The zero-order valence-corrected chi connectivity index (χ0v) is 10.9. The van der Waals surface area contributed by atoms with Crippen LogP contribution in [-0.2, 0) is 11.2 Å². The van der Waals surface area contributed by atoms with Crippen LogP contribution in [0, 0.1) is 22.7 Å². The Bertz CT molecular complexity index is 836. The molecular weight excluding hydrogens is 268 g/mol. The number of hydrogen-bond donors (Lipinski definition) is 2. The third-order valence-electron chi connectivity index (χ3n) is 3.39. The molecule has 1 aliphatic heterocycles. The lowest BCUT2D eigenvalue weighted by molar-refractivity contribution is -0.116. The van der Waals surface area contributed by atoms with Crippen molar-refractivity contribution >= 4 is 17.3 Å². The second-order valence-electron chi connectivity index (χ2n) is 4.65. The minimum absolute atomic E-state index is 0.0404. The molecule has 0 atom stereocenters. The molecule has 0 spiro atoms. The Kier molecular flexibility index (Phi) is 2.82. The predicted molar refractivity (Wildman–Crippen MR) is 74.4 cm³/mol. The van der Waals surface area contributed by atoms with Crippen LogP contribution in [0.1, 0.15) is 23.4 Å². The van der Waals surface area contributed by atoms with Gasteiger partial charge in [0.05, 0.1) is 11.4 Å². The number of aromatic nitrogens is 2. The quantitative estimate of drug-likeness (QED) is 0.756. The molecule has 2 heterocycles. The van der Waals surface area contributed by atoms with Crippen LogP contribution in [0.5, 0.6) is 0 Å². The van der Waals surface area contributed by atoms with Gasteiger partial charge in [-0.2, -0.15) is 10.5 Å². The van der Waals surface area contributed by atoms with Crippen molar-refractivity contribution < 1.29 is 4.79 Å². The topological polar surface area (TPSA) is 121 Å². The Hall–Kier alpha value is -3.32. The summed E-state index contributed by atoms with van der Waals surface area (Å²) in [5.41, 5.74) is 8.79. The first kappa shape index (κ1) is 12.7. The smallest absolute Gasteiger partial charge is 0.224 e. The molecule has 1 aromatic carbocycles. The van der Waals surface area contributed by atoms with Gasteiger partial charge in [-0.05, 0) is 24.1 Å². The van der Waals surface area contributed by atoms with E-state index >= 15 is 0 Å². The number of hydrogen-bond acceptors (Lipinski definition) is 5. The molecule has 102 valence electrons. The number of carbonyl (C=O) groups is 1. The maximum absolute atomic E-state index is 11.5. The van der Waals surface area contributed by atoms with E-state index < -0.39 is 0 Å². The van der Waals surface area contributed by atoms with Gasteiger partial charge < -0.3 is 11.1 Å². The molecular formula is C14H10N6O. The van der Waals surface area contributed by atoms with Gasteiger partial charge in [-0.3, -0.25) is 9.36 Å². The fourth-order valence-electron chi connectivity index (χ4n) is 2.36. The van der Waals surface area contributed by atoms with Crippen LogP contribution in [-0.4, -0.2) is 15.5 Å². The van der Waals surface area contributed by atoms with Crippen molar-refractivity contribution in [3.05, 3.63) is 35.4 Å². The van der Waals surface area contributed by atoms with Crippen molar-refractivity contribution in [2.24, 2.45) is 0 Å². The van der Waals surface area contributed by atoms with Gasteiger partial charge >= 0.3 is 0 Å². The molecule has 0 aliphatic carbocycles. The number of imidazole rings is 1. The summed E-state index contributed by atoms with van der Waals surface area (Å²) in [6.07, 6.45) is 2.43. The lowest BCUT2D eigenvalue weighted by Crippen LogP contribution is -2.19. The first-order valence-corrected chi connectivity index (χ1v) is 6.24. The van der Waals surface area contributed by atoms with E-state index in [1.165, 1.54) is 10.9 Å². The highest BCUT2D eigenvalue weighted by molar-refractivity contribution is 5.95. The number of benzene rings is 1. The van der Waals surface area contributed by atoms with Crippen molar-refractivity contribution in [2.45, 2.75) is 12.8 Å².